The second-order valence-electron chi connectivity index (χ2n) is 8.68. The van der Waals surface area contributed by atoms with Gasteiger partial charge in [-0.2, -0.15) is 5.10 Å². The summed E-state index contributed by atoms with van der Waals surface area (Å²) in [6.07, 6.45) is 3.88. The molecule has 1 saturated heterocycles. The van der Waals surface area contributed by atoms with Crippen LogP contribution < -0.4 is 0 Å². The van der Waals surface area contributed by atoms with Crippen molar-refractivity contribution in [2.24, 2.45) is 5.92 Å². The van der Waals surface area contributed by atoms with Gasteiger partial charge in [-0.15, -0.1) is 5.10 Å². The Kier molecular flexibility index (Phi) is 5.35. The van der Waals surface area contributed by atoms with Crippen LogP contribution in [0.5, 0.6) is 0 Å². The Morgan fingerprint density at radius 1 is 1.26 bits per heavy atom. The van der Waals surface area contributed by atoms with Gasteiger partial charge >= 0.3 is 0 Å². The first-order valence-electron chi connectivity index (χ1n) is 9.74. The number of carbonyl (C=O) groups excluding carboxylic acids is 1. The highest BCUT2D eigenvalue weighted by Crippen LogP contribution is 2.25. The first-order chi connectivity index (χ1) is 12.6. The average molecular weight is 374 g/mol. The molecule has 1 aliphatic heterocycles. The predicted octanol–water partition coefficient (Wildman–Crippen LogP) is 2.28. The molecule has 8 nitrogen and oxygen atoms in total. The third kappa shape index (κ3) is 4.36. The molecule has 0 aliphatic carbocycles. The summed E-state index contributed by atoms with van der Waals surface area (Å²) in [6, 6.07) is 0.313. The van der Waals surface area contributed by atoms with Crippen molar-refractivity contribution in [3.8, 4) is 0 Å². The van der Waals surface area contributed by atoms with Crippen LogP contribution in [0.15, 0.2) is 6.20 Å². The number of amides is 1. The minimum atomic E-state index is -0.111. The van der Waals surface area contributed by atoms with Crippen molar-refractivity contribution >= 4 is 5.91 Å². The molecule has 1 atom stereocenters. The molecule has 27 heavy (non-hydrogen) atoms. The van der Waals surface area contributed by atoms with Crippen LogP contribution in [0.4, 0.5) is 0 Å². The van der Waals surface area contributed by atoms with Gasteiger partial charge in [0, 0.05) is 24.7 Å². The maximum atomic E-state index is 12.8. The second kappa shape index (κ2) is 7.40. The summed E-state index contributed by atoms with van der Waals surface area (Å²) in [6.45, 7) is 14.3. The lowest BCUT2D eigenvalue weighted by molar-refractivity contribution is -0.136. The normalized spacial score (nSPS) is 17.3. The molecule has 0 N–H and O–H groups in total. The van der Waals surface area contributed by atoms with Crippen molar-refractivity contribution in [1.29, 1.82) is 0 Å². The van der Waals surface area contributed by atoms with Gasteiger partial charge in [0.15, 0.2) is 0 Å². The van der Waals surface area contributed by atoms with E-state index in [-0.39, 0.29) is 17.2 Å². The third-order valence-electron chi connectivity index (χ3n) is 5.26. The Hall–Kier alpha value is -2.25. The molecule has 0 bridgehead atoms. The van der Waals surface area contributed by atoms with Crippen molar-refractivity contribution in [2.45, 2.75) is 72.4 Å². The van der Waals surface area contributed by atoms with E-state index in [0.717, 1.165) is 43.3 Å². The Balaban J connectivity index is 1.56. The van der Waals surface area contributed by atoms with Crippen LogP contribution in [0.1, 0.15) is 63.9 Å². The van der Waals surface area contributed by atoms with E-state index in [1.54, 1.807) is 0 Å². The fourth-order valence-electron chi connectivity index (χ4n) is 3.53. The van der Waals surface area contributed by atoms with E-state index < -0.39 is 0 Å². The maximum Gasteiger partial charge on any atom is 0.227 e. The molecule has 1 aliphatic rings. The van der Waals surface area contributed by atoms with E-state index in [2.05, 4.69) is 47.4 Å². The molecule has 148 valence electrons. The van der Waals surface area contributed by atoms with Crippen molar-refractivity contribution < 1.29 is 4.79 Å². The van der Waals surface area contributed by atoms with Gasteiger partial charge in [0.2, 0.25) is 5.91 Å². The van der Waals surface area contributed by atoms with Crippen molar-refractivity contribution in [1.82, 2.24) is 34.7 Å². The van der Waals surface area contributed by atoms with Gasteiger partial charge in [0.1, 0.15) is 11.6 Å². The number of nitrogens with zero attached hydrogens (tertiary/aromatic N) is 7. The van der Waals surface area contributed by atoms with Gasteiger partial charge in [0.25, 0.3) is 0 Å². The van der Waals surface area contributed by atoms with E-state index in [1.807, 2.05) is 35.0 Å². The number of aryl methyl sites for hydroxylation is 2. The summed E-state index contributed by atoms with van der Waals surface area (Å²) in [5.41, 5.74) is 1.01. The largest absolute Gasteiger partial charge is 0.342 e. The highest BCUT2D eigenvalue weighted by molar-refractivity contribution is 5.78. The number of hydrogen-bond acceptors (Lipinski definition) is 5. The Morgan fingerprint density at radius 3 is 2.44 bits per heavy atom. The van der Waals surface area contributed by atoms with Crippen LogP contribution in [0.25, 0.3) is 0 Å². The van der Waals surface area contributed by atoms with Crippen molar-refractivity contribution in [3.63, 3.8) is 0 Å². The van der Waals surface area contributed by atoms with Gasteiger partial charge in [0.05, 0.1) is 24.2 Å². The first kappa shape index (κ1) is 19.5. The fourth-order valence-corrected chi connectivity index (χ4v) is 3.53. The fraction of sp³-hybridized carbons (Fsp3) is 0.737. The van der Waals surface area contributed by atoms with Gasteiger partial charge in [-0.05, 0) is 26.7 Å². The van der Waals surface area contributed by atoms with Crippen molar-refractivity contribution in [3.05, 3.63) is 23.5 Å². The number of piperidine rings is 1. The molecule has 0 spiro atoms. The molecule has 1 amide bonds. The number of carbonyl (C=O) groups is 1. The van der Waals surface area contributed by atoms with Crippen LogP contribution >= 0.6 is 0 Å². The van der Waals surface area contributed by atoms with Crippen LogP contribution in [0, 0.1) is 19.8 Å². The third-order valence-corrected chi connectivity index (χ3v) is 5.26. The van der Waals surface area contributed by atoms with Gasteiger partial charge < -0.3 is 4.90 Å². The maximum absolute atomic E-state index is 12.8. The first-order valence-corrected chi connectivity index (χ1v) is 9.74. The lowest BCUT2D eigenvalue weighted by atomic mass is 9.93. The number of hydrogen-bond donors (Lipinski definition) is 0. The Bertz CT molecular complexity index is 793. The molecule has 0 radical (unpaired) electrons. The van der Waals surface area contributed by atoms with E-state index in [9.17, 15) is 4.79 Å². The Labute approximate surface area is 161 Å². The molecule has 8 heteroatoms. The molecular formula is C19H31N7O. The topological polar surface area (TPSA) is 81.7 Å². The summed E-state index contributed by atoms with van der Waals surface area (Å²) in [7, 11) is 0. The molecule has 1 fully saturated rings. The molecule has 0 aromatic carbocycles. The van der Waals surface area contributed by atoms with E-state index in [0.29, 0.717) is 12.6 Å². The molecule has 1 unspecified atom stereocenters. The smallest absolute Gasteiger partial charge is 0.227 e. The highest BCUT2D eigenvalue weighted by Gasteiger charge is 2.28. The molecule has 2 aromatic heterocycles. The molecule has 2 aromatic rings. The Morgan fingerprint density at radius 2 is 1.93 bits per heavy atom. The van der Waals surface area contributed by atoms with Crippen LogP contribution in [-0.2, 0) is 16.8 Å². The summed E-state index contributed by atoms with van der Waals surface area (Å²) in [5.74, 6) is 1.68. The minimum Gasteiger partial charge on any atom is -0.342 e. The summed E-state index contributed by atoms with van der Waals surface area (Å²) in [4.78, 5) is 19.1. The van der Waals surface area contributed by atoms with E-state index >= 15 is 0 Å². The summed E-state index contributed by atoms with van der Waals surface area (Å²) < 4.78 is 3.81. The van der Waals surface area contributed by atoms with Gasteiger partial charge in [-0.1, -0.05) is 32.9 Å². The molecule has 3 rings (SSSR count). The highest BCUT2D eigenvalue weighted by atomic mass is 16.2. The number of rotatable bonds is 4. The lowest BCUT2D eigenvalue weighted by Crippen LogP contribution is -2.42. The second-order valence-corrected chi connectivity index (χ2v) is 8.68. The van der Waals surface area contributed by atoms with E-state index in [4.69, 9.17) is 0 Å². The quantitative estimate of drug-likeness (QED) is 0.821. The van der Waals surface area contributed by atoms with Crippen LogP contribution in [0.2, 0.25) is 0 Å². The number of likely N-dealkylation sites (tertiary alicyclic amines) is 1. The monoisotopic (exact) mass is 373 g/mol. The zero-order valence-electron chi connectivity index (χ0n) is 17.3. The minimum absolute atomic E-state index is 0.00218. The van der Waals surface area contributed by atoms with E-state index in [1.165, 1.54) is 0 Å². The SMILES string of the molecule is Cc1nc(C)n(CC(C)C(=O)N2CCC(n3cc(C(C)(C)C)nn3)CC2)n1. The van der Waals surface area contributed by atoms with Gasteiger partial charge in [-0.25, -0.2) is 14.3 Å². The standard InChI is InChI=1S/C19H31N7O/c1-13(11-25-15(3)20-14(2)22-25)18(27)24-9-7-16(8-10-24)26-12-17(21-23-26)19(4,5)6/h12-13,16H,7-11H2,1-6H3. The van der Waals surface area contributed by atoms with Crippen LogP contribution in [-0.4, -0.2) is 53.7 Å². The molecular weight excluding hydrogens is 342 g/mol. The number of aromatic nitrogens is 6. The molecule has 3 heterocycles. The summed E-state index contributed by atoms with van der Waals surface area (Å²) in [5, 5.41) is 13.0. The molecule has 0 saturated carbocycles. The zero-order chi connectivity index (χ0) is 19.8. The van der Waals surface area contributed by atoms with Crippen molar-refractivity contribution in [2.75, 3.05) is 13.1 Å². The van der Waals surface area contributed by atoms with Crippen LogP contribution in [0.3, 0.4) is 0 Å². The average Bonchev–Trinajstić information content (AvgIpc) is 3.21. The summed E-state index contributed by atoms with van der Waals surface area (Å²) >= 11 is 0. The zero-order valence-corrected chi connectivity index (χ0v) is 17.3. The van der Waals surface area contributed by atoms with Gasteiger partial charge in [-0.3, -0.25) is 4.79 Å². The lowest BCUT2D eigenvalue weighted by Gasteiger charge is -2.33. The predicted molar refractivity (Wildman–Crippen MR) is 102 cm³/mol.